The molecule has 4 saturated carbocycles. The Bertz CT molecular complexity index is 271. The highest BCUT2D eigenvalue weighted by Crippen LogP contribution is 2.61. The summed E-state index contributed by atoms with van der Waals surface area (Å²) in [4.78, 5) is 0. The van der Waals surface area contributed by atoms with Gasteiger partial charge in [-0.1, -0.05) is 13.8 Å². The first-order chi connectivity index (χ1) is 8.48. The zero-order chi connectivity index (χ0) is 12.9. The van der Waals surface area contributed by atoms with E-state index in [9.17, 15) is 0 Å². The Morgan fingerprint density at radius 2 is 1.28 bits per heavy atom. The van der Waals surface area contributed by atoms with Gasteiger partial charge >= 0.3 is 0 Å². The predicted octanol–water partition coefficient (Wildman–Crippen LogP) is 4.23. The van der Waals surface area contributed by atoms with E-state index < -0.39 is 0 Å². The molecular formula is C17H31N. The summed E-state index contributed by atoms with van der Waals surface area (Å²) in [5.74, 6) is 3.99. The van der Waals surface area contributed by atoms with Gasteiger partial charge in [0.1, 0.15) is 0 Å². The average molecular weight is 249 g/mol. The topological polar surface area (TPSA) is 12.0 Å². The van der Waals surface area contributed by atoms with Gasteiger partial charge in [0.15, 0.2) is 0 Å². The van der Waals surface area contributed by atoms with E-state index in [0.717, 1.165) is 29.7 Å². The van der Waals surface area contributed by atoms with Gasteiger partial charge in [0, 0.05) is 12.1 Å². The molecule has 0 aliphatic heterocycles. The van der Waals surface area contributed by atoms with Crippen molar-refractivity contribution in [3.05, 3.63) is 0 Å². The van der Waals surface area contributed by atoms with E-state index in [2.05, 4.69) is 33.0 Å². The predicted molar refractivity (Wildman–Crippen MR) is 77.5 cm³/mol. The largest absolute Gasteiger partial charge is 0.311 e. The van der Waals surface area contributed by atoms with Gasteiger partial charge in [0.25, 0.3) is 0 Å². The van der Waals surface area contributed by atoms with Crippen molar-refractivity contribution in [1.29, 1.82) is 0 Å². The summed E-state index contributed by atoms with van der Waals surface area (Å²) in [5.41, 5.74) is 0.665. The quantitative estimate of drug-likeness (QED) is 0.786. The Morgan fingerprint density at radius 3 is 1.67 bits per heavy atom. The molecule has 2 atom stereocenters. The van der Waals surface area contributed by atoms with Crippen molar-refractivity contribution in [3.63, 3.8) is 0 Å². The molecule has 1 N–H and O–H groups in total. The van der Waals surface area contributed by atoms with E-state index in [0.29, 0.717) is 11.5 Å². The Hall–Kier alpha value is -0.0400. The Kier molecular flexibility index (Phi) is 3.25. The second-order valence-electron chi connectivity index (χ2n) is 8.20. The first-order valence-electron chi connectivity index (χ1n) is 8.24. The van der Waals surface area contributed by atoms with Crippen molar-refractivity contribution < 1.29 is 0 Å². The summed E-state index contributed by atoms with van der Waals surface area (Å²) in [6.07, 6.45) is 9.26. The average Bonchev–Trinajstić information content (AvgIpc) is 2.26. The molecule has 0 aromatic rings. The van der Waals surface area contributed by atoms with Crippen LogP contribution in [0.15, 0.2) is 0 Å². The standard InChI is InChI=1S/C17H31N/c1-11(2)12(3)18-13(4)17-8-14-5-15(9-17)7-16(6-14)10-17/h11-16,18H,5-10H2,1-4H3. The van der Waals surface area contributed by atoms with Gasteiger partial charge in [-0.15, -0.1) is 0 Å². The number of nitrogens with one attached hydrogen (secondary N) is 1. The van der Waals surface area contributed by atoms with Crippen molar-refractivity contribution in [2.75, 3.05) is 0 Å². The lowest BCUT2D eigenvalue weighted by molar-refractivity contribution is -0.0725. The zero-order valence-corrected chi connectivity index (χ0v) is 12.7. The fourth-order valence-electron chi connectivity index (χ4n) is 5.47. The van der Waals surface area contributed by atoms with Crippen molar-refractivity contribution in [1.82, 2.24) is 5.32 Å². The molecule has 4 rings (SSSR count). The fourth-order valence-corrected chi connectivity index (χ4v) is 5.47. The van der Waals surface area contributed by atoms with Crippen LogP contribution in [0.25, 0.3) is 0 Å². The van der Waals surface area contributed by atoms with E-state index in [4.69, 9.17) is 0 Å². The van der Waals surface area contributed by atoms with Crippen LogP contribution in [0.5, 0.6) is 0 Å². The van der Waals surface area contributed by atoms with E-state index >= 15 is 0 Å². The van der Waals surface area contributed by atoms with Gasteiger partial charge in [-0.05, 0) is 81.5 Å². The van der Waals surface area contributed by atoms with E-state index in [1.807, 2.05) is 0 Å². The molecule has 4 fully saturated rings. The Morgan fingerprint density at radius 1 is 0.833 bits per heavy atom. The maximum atomic E-state index is 3.94. The van der Waals surface area contributed by atoms with Crippen LogP contribution in [0, 0.1) is 29.1 Å². The lowest BCUT2D eigenvalue weighted by Crippen LogP contribution is -2.56. The number of hydrogen-bond acceptors (Lipinski definition) is 1. The molecule has 0 heterocycles. The minimum absolute atomic E-state index is 0.660. The van der Waals surface area contributed by atoms with Crippen LogP contribution in [-0.4, -0.2) is 12.1 Å². The SMILES string of the molecule is CC(C)C(C)NC(C)C12CC3CC(CC(C3)C1)C2. The zero-order valence-electron chi connectivity index (χ0n) is 12.7. The van der Waals surface area contributed by atoms with Gasteiger partial charge in [0.2, 0.25) is 0 Å². The molecule has 4 bridgehead atoms. The third-order valence-electron chi connectivity index (χ3n) is 6.52. The summed E-state index contributed by atoms with van der Waals surface area (Å²) in [7, 11) is 0. The molecule has 0 aromatic carbocycles. The van der Waals surface area contributed by atoms with Crippen LogP contribution in [0.3, 0.4) is 0 Å². The lowest BCUT2D eigenvalue weighted by atomic mass is 9.48. The molecule has 2 unspecified atom stereocenters. The van der Waals surface area contributed by atoms with Gasteiger partial charge in [-0.25, -0.2) is 0 Å². The van der Waals surface area contributed by atoms with Gasteiger partial charge in [-0.3, -0.25) is 0 Å². The third-order valence-corrected chi connectivity index (χ3v) is 6.52. The van der Waals surface area contributed by atoms with Crippen LogP contribution in [0.1, 0.15) is 66.2 Å². The van der Waals surface area contributed by atoms with E-state index in [1.165, 1.54) is 19.3 Å². The summed E-state index contributed by atoms with van der Waals surface area (Å²) in [6, 6.07) is 1.39. The highest BCUT2D eigenvalue weighted by atomic mass is 15.0. The van der Waals surface area contributed by atoms with Crippen molar-refractivity contribution in [2.24, 2.45) is 29.1 Å². The summed E-state index contributed by atoms with van der Waals surface area (Å²) in [6.45, 7) is 9.52. The van der Waals surface area contributed by atoms with Gasteiger partial charge in [0.05, 0.1) is 0 Å². The van der Waals surface area contributed by atoms with Crippen molar-refractivity contribution >= 4 is 0 Å². The molecule has 4 aliphatic carbocycles. The summed E-state index contributed by atoms with van der Waals surface area (Å²) in [5, 5.41) is 3.94. The first kappa shape index (κ1) is 13.0. The van der Waals surface area contributed by atoms with E-state index in [-0.39, 0.29) is 0 Å². The highest BCUT2D eigenvalue weighted by Gasteiger charge is 2.53. The minimum atomic E-state index is 0.660. The molecule has 0 saturated heterocycles. The second-order valence-corrected chi connectivity index (χ2v) is 8.20. The van der Waals surface area contributed by atoms with Crippen molar-refractivity contribution in [3.8, 4) is 0 Å². The molecule has 18 heavy (non-hydrogen) atoms. The maximum Gasteiger partial charge on any atom is 0.00980 e. The van der Waals surface area contributed by atoms with Crippen LogP contribution >= 0.6 is 0 Å². The third kappa shape index (κ3) is 2.13. The molecule has 0 amide bonds. The molecule has 0 spiro atoms. The fraction of sp³-hybridized carbons (Fsp3) is 1.00. The highest BCUT2D eigenvalue weighted by molar-refractivity contribution is 5.05. The Balaban J connectivity index is 1.71. The molecule has 1 heteroatoms. The molecule has 0 aromatic heterocycles. The normalized spacial score (nSPS) is 45.5. The number of hydrogen-bond donors (Lipinski definition) is 1. The van der Waals surface area contributed by atoms with E-state index in [1.54, 1.807) is 19.3 Å². The second kappa shape index (κ2) is 4.51. The van der Waals surface area contributed by atoms with Crippen LogP contribution in [0.4, 0.5) is 0 Å². The molecule has 104 valence electrons. The number of rotatable bonds is 4. The lowest BCUT2D eigenvalue weighted by Gasteiger charge is -2.59. The van der Waals surface area contributed by atoms with Crippen LogP contribution < -0.4 is 5.32 Å². The Labute approximate surface area is 113 Å². The van der Waals surface area contributed by atoms with Crippen molar-refractivity contribution in [2.45, 2.75) is 78.3 Å². The molecule has 0 radical (unpaired) electrons. The summed E-state index contributed by atoms with van der Waals surface area (Å²) >= 11 is 0. The summed E-state index contributed by atoms with van der Waals surface area (Å²) < 4.78 is 0. The van der Waals surface area contributed by atoms with Gasteiger partial charge < -0.3 is 5.32 Å². The smallest absolute Gasteiger partial charge is 0.00980 e. The van der Waals surface area contributed by atoms with Gasteiger partial charge in [-0.2, -0.15) is 0 Å². The monoisotopic (exact) mass is 249 g/mol. The first-order valence-corrected chi connectivity index (χ1v) is 8.24. The van der Waals surface area contributed by atoms with Crippen LogP contribution in [0.2, 0.25) is 0 Å². The maximum absolute atomic E-state index is 3.94. The molecule has 1 nitrogen and oxygen atoms in total. The van der Waals surface area contributed by atoms with Crippen LogP contribution in [-0.2, 0) is 0 Å². The minimum Gasteiger partial charge on any atom is -0.311 e. The molecular weight excluding hydrogens is 218 g/mol. The molecule has 4 aliphatic rings.